The van der Waals surface area contributed by atoms with Crippen LogP contribution in [-0.4, -0.2) is 35.8 Å². The maximum absolute atomic E-state index is 12.5. The van der Waals surface area contributed by atoms with Gasteiger partial charge in [0.05, 0.1) is 12.5 Å². The predicted octanol–water partition coefficient (Wildman–Crippen LogP) is 1.70. The van der Waals surface area contributed by atoms with Gasteiger partial charge >= 0.3 is 0 Å². The summed E-state index contributed by atoms with van der Waals surface area (Å²) in [4.78, 5) is 25.9. The summed E-state index contributed by atoms with van der Waals surface area (Å²) in [5.74, 6) is -0.366. The maximum Gasteiger partial charge on any atom is 0.242 e. The number of rotatable bonds is 7. The van der Waals surface area contributed by atoms with Crippen molar-refractivity contribution in [3.05, 3.63) is 29.3 Å². The number of benzene rings is 1. The summed E-state index contributed by atoms with van der Waals surface area (Å²) in [5, 5.41) is 2.99. The monoisotopic (exact) mass is 303 g/mol. The molecule has 0 saturated heterocycles. The first-order chi connectivity index (χ1) is 10.6. The summed E-state index contributed by atoms with van der Waals surface area (Å²) < 4.78 is 0. The molecule has 0 bridgehead atoms. The highest BCUT2D eigenvalue weighted by Crippen LogP contribution is 2.29. The van der Waals surface area contributed by atoms with E-state index >= 15 is 0 Å². The van der Waals surface area contributed by atoms with Gasteiger partial charge in [-0.3, -0.25) is 14.5 Å². The summed E-state index contributed by atoms with van der Waals surface area (Å²) >= 11 is 0. The van der Waals surface area contributed by atoms with Crippen LogP contribution < -0.4 is 11.1 Å². The molecule has 1 aromatic carbocycles. The third-order valence-corrected chi connectivity index (χ3v) is 4.03. The van der Waals surface area contributed by atoms with Crippen molar-refractivity contribution in [1.29, 1.82) is 0 Å². The van der Waals surface area contributed by atoms with Gasteiger partial charge in [-0.15, -0.1) is 0 Å². The Morgan fingerprint density at radius 1 is 1.32 bits per heavy atom. The molecular formula is C17H25N3O2. The van der Waals surface area contributed by atoms with Crippen LogP contribution in [0.1, 0.15) is 37.8 Å². The zero-order chi connectivity index (χ0) is 16.1. The maximum atomic E-state index is 12.5. The average molecular weight is 303 g/mol. The standard InChI is InChI=1S/C17H25N3O2/c1-3-8-20(9-4-2)14-10-12-6-5-7-13(11-15(18)21)16(12)19-17(14)22/h5-7,14H,3-4,8-11H2,1-2H3,(H2,18,21)(H,19,22). The molecular weight excluding hydrogens is 278 g/mol. The van der Waals surface area contributed by atoms with Gasteiger partial charge in [-0.25, -0.2) is 0 Å². The van der Waals surface area contributed by atoms with Crippen LogP contribution >= 0.6 is 0 Å². The number of primary amides is 1. The topological polar surface area (TPSA) is 75.4 Å². The van der Waals surface area contributed by atoms with E-state index in [9.17, 15) is 9.59 Å². The minimum absolute atomic E-state index is 0.0197. The van der Waals surface area contributed by atoms with Gasteiger partial charge in [-0.1, -0.05) is 32.0 Å². The molecule has 1 aliphatic rings. The van der Waals surface area contributed by atoms with Crippen LogP contribution in [0.15, 0.2) is 18.2 Å². The molecule has 5 heteroatoms. The minimum atomic E-state index is -0.386. The number of anilines is 1. The minimum Gasteiger partial charge on any atom is -0.369 e. The molecule has 2 amide bonds. The second kappa shape index (κ2) is 7.40. The molecule has 0 aromatic heterocycles. The van der Waals surface area contributed by atoms with Crippen molar-refractivity contribution in [3.63, 3.8) is 0 Å². The van der Waals surface area contributed by atoms with Crippen LogP contribution in [0.4, 0.5) is 5.69 Å². The highest BCUT2D eigenvalue weighted by atomic mass is 16.2. The number of hydrogen-bond donors (Lipinski definition) is 2. The normalized spacial score (nSPS) is 17.2. The number of hydrogen-bond acceptors (Lipinski definition) is 3. The van der Waals surface area contributed by atoms with Gasteiger partial charge in [0.25, 0.3) is 0 Å². The highest BCUT2D eigenvalue weighted by Gasteiger charge is 2.31. The van der Waals surface area contributed by atoms with Crippen molar-refractivity contribution in [3.8, 4) is 0 Å². The number of carbonyl (C=O) groups is 2. The number of amides is 2. The quantitative estimate of drug-likeness (QED) is 0.805. The van der Waals surface area contributed by atoms with Crippen molar-refractivity contribution >= 4 is 17.5 Å². The fourth-order valence-corrected chi connectivity index (χ4v) is 3.12. The summed E-state index contributed by atoms with van der Waals surface area (Å²) in [6.07, 6.45) is 2.90. The summed E-state index contributed by atoms with van der Waals surface area (Å²) in [6, 6.07) is 5.66. The van der Waals surface area contributed by atoms with Gasteiger partial charge in [0.2, 0.25) is 11.8 Å². The Morgan fingerprint density at radius 2 is 2.00 bits per heavy atom. The molecule has 2 rings (SSSR count). The number of para-hydroxylation sites is 1. The fraction of sp³-hybridized carbons (Fsp3) is 0.529. The molecule has 0 saturated carbocycles. The predicted molar refractivity (Wildman–Crippen MR) is 87.6 cm³/mol. The first kappa shape index (κ1) is 16.5. The van der Waals surface area contributed by atoms with E-state index in [2.05, 4.69) is 24.1 Å². The van der Waals surface area contributed by atoms with Crippen LogP contribution in [-0.2, 0) is 22.4 Å². The largest absolute Gasteiger partial charge is 0.369 e. The Morgan fingerprint density at radius 3 is 2.59 bits per heavy atom. The molecule has 3 N–H and O–H groups in total. The SMILES string of the molecule is CCCN(CCC)C1Cc2cccc(CC(N)=O)c2NC1=O. The second-order valence-electron chi connectivity index (χ2n) is 5.84. The fourth-order valence-electron chi connectivity index (χ4n) is 3.12. The molecule has 5 nitrogen and oxygen atoms in total. The molecule has 0 spiro atoms. The van der Waals surface area contributed by atoms with Gasteiger partial charge in [-0.2, -0.15) is 0 Å². The number of carbonyl (C=O) groups excluding carboxylic acids is 2. The first-order valence-electron chi connectivity index (χ1n) is 8.00. The summed E-state index contributed by atoms with van der Waals surface area (Å²) in [6.45, 7) is 6.09. The van der Waals surface area contributed by atoms with Crippen molar-refractivity contribution in [2.45, 2.75) is 45.6 Å². The molecule has 0 radical (unpaired) electrons. The Hall–Kier alpha value is -1.88. The molecule has 1 atom stereocenters. The lowest BCUT2D eigenvalue weighted by Gasteiger charge is -2.34. The van der Waals surface area contributed by atoms with E-state index in [1.807, 2.05) is 18.2 Å². The first-order valence-corrected chi connectivity index (χ1v) is 8.00. The number of nitrogens with zero attached hydrogens (tertiary/aromatic N) is 1. The van der Waals surface area contributed by atoms with Crippen LogP contribution in [0.3, 0.4) is 0 Å². The molecule has 0 fully saturated rings. The lowest BCUT2D eigenvalue weighted by molar-refractivity contribution is -0.122. The van der Waals surface area contributed by atoms with Gasteiger partial charge in [-0.05, 0) is 43.5 Å². The van der Waals surface area contributed by atoms with E-state index in [1.165, 1.54) is 0 Å². The molecule has 1 heterocycles. The molecule has 0 aliphatic carbocycles. The number of nitrogens with two attached hydrogens (primary N) is 1. The summed E-state index contributed by atoms with van der Waals surface area (Å²) in [5.41, 5.74) is 7.94. The second-order valence-corrected chi connectivity index (χ2v) is 5.84. The van der Waals surface area contributed by atoms with Crippen molar-refractivity contribution in [2.75, 3.05) is 18.4 Å². The Balaban J connectivity index is 2.26. The zero-order valence-electron chi connectivity index (χ0n) is 13.4. The summed E-state index contributed by atoms with van der Waals surface area (Å²) in [7, 11) is 0. The third-order valence-electron chi connectivity index (χ3n) is 4.03. The Labute approximate surface area is 131 Å². The lowest BCUT2D eigenvalue weighted by atomic mass is 9.93. The van der Waals surface area contributed by atoms with E-state index in [0.717, 1.165) is 42.7 Å². The Kier molecular flexibility index (Phi) is 5.55. The molecule has 1 unspecified atom stereocenters. The van der Waals surface area contributed by atoms with Crippen molar-refractivity contribution in [2.24, 2.45) is 5.73 Å². The van der Waals surface area contributed by atoms with Crippen molar-refractivity contribution < 1.29 is 9.59 Å². The van der Waals surface area contributed by atoms with E-state index in [4.69, 9.17) is 5.73 Å². The molecule has 120 valence electrons. The van der Waals surface area contributed by atoms with Crippen LogP contribution in [0.5, 0.6) is 0 Å². The molecule has 1 aliphatic heterocycles. The molecule has 1 aromatic rings. The van der Waals surface area contributed by atoms with E-state index in [-0.39, 0.29) is 24.3 Å². The van der Waals surface area contributed by atoms with Gasteiger partial charge in [0.1, 0.15) is 0 Å². The number of fused-ring (bicyclic) bond motifs is 1. The van der Waals surface area contributed by atoms with Crippen LogP contribution in [0.2, 0.25) is 0 Å². The van der Waals surface area contributed by atoms with Crippen LogP contribution in [0.25, 0.3) is 0 Å². The number of nitrogens with one attached hydrogen (secondary N) is 1. The highest BCUT2D eigenvalue weighted by molar-refractivity contribution is 5.99. The van der Waals surface area contributed by atoms with E-state index < -0.39 is 0 Å². The zero-order valence-corrected chi connectivity index (χ0v) is 13.4. The average Bonchev–Trinajstić information content (AvgIpc) is 2.47. The Bertz CT molecular complexity index is 551. The smallest absolute Gasteiger partial charge is 0.242 e. The van der Waals surface area contributed by atoms with Crippen molar-refractivity contribution in [1.82, 2.24) is 4.90 Å². The van der Waals surface area contributed by atoms with Gasteiger partial charge in [0.15, 0.2) is 0 Å². The van der Waals surface area contributed by atoms with E-state index in [0.29, 0.717) is 6.42 Å². The van der Waals surface area contributed by atoms with Gasteiger partial charge < -0.3 is 11.1 Å². The van der Waals surface area contributed by atoms with Gasteiger partial charge in [0, 0.05) is 5.69 Å². The molecule has 22 heavy (non-hydrogen) atoms. The lowest BCUT2D eigenvalue weighted by Crippen LogP contribution is -2.48. The van der Waals surface area contributed by atoms with E-state index in [1.54, 1.807) is 0 Å². The van der Waals surface area contributed by atoms with Crippen LogP contribution in [0, 0.1) is 0 Å². The third kappa shape index (κ3) is 3.65.